The van der Waals surface area contributed by atoms with Crippen molar-refractivity contribution in [3.63, 3.8) is 0 Å². The number of methoxy groups -OCH3 is 1. The second-order valence-corrected chi connectivity index (χ2v) is 6.88. The van der Waals surface area contributed by atoms with Gasteiger partial charge in [-0.15, -0.1) is 0 Å². The van der Waals surface area contributed by atoms with Crippen molar-refractivity contribution in [2.45, 2.75) is 32.1 Å². The molecule has 1 heterocycles. The van der Waals surface area contributed by atoms with Crippen LogP contribution in [0.25, 0.3) is 0 Å². The van der Waals surface area contributed by atoms with E-state index in [2.05, 4.69) is 5.32 Å². The maximum atomic E-state index is 12.8. The average Bonchev–Trinajstić information content (AvgIpc) is 2.61. The number of allylic oxidation sites excluding steroid dienone is 3. The second-order valence-electron chi connectivity index (χ2n) is 6.45. The molecule has 1 aromatic carbocycles. The Bertz CT molecular complexity index is 780. The van der Waals surface area contributed by atoms with E-state index in [1.165, 1.54) is 0 Å². The molecule has 0 spiro atoms. The van der Waals surface area contributed by atoms with Gasteiger partial charge in [0.25, 0.3) is 0 Å². The summed E-state index contributed by atoms with van der Waals surface area (Å²) in [5.41, 5.74) is 3.63. The summed E-state index contributed by atoms with van der Waals surface area (Å²) in [6.45, 7) is 2.34. The minimum Gasteiger partial charge on any atom is -0.460 e. The molecule has 0 bridgehead atoms. The normalized spacial score (nSPS) is 20.0. The first-order valence-electron chi connectivity index (χ1n) is 8.68. The Morgan fingerprint density at radius 1 is 1.23 bits per heavy atom. The Morgan fingerprint density at radius 3 is 2.65 bits per heavy atom. The summed E-state index contributed by atoms with van der Waals surface area (Å²) < 4.78 is 10.3. The SMILES string of the molecule is COCCOC(=O)C1=C(C)NC2=C(C(=O)CCC2)C1c1ccc(Cl)cc1. The largest absolute Gasteiger partial charge is 0.460 e. The second kappa shape index (κ2) is 8.06. The van der Waals surface area contributed by atoms with Crippen molar-refractivity contribution >= 4 is 23.4 Å². The van der Waals surface area contributed by atoms with Crippen molar-refractivity contribution in [1.82, 2.24) is 5.32 Å². The third kappa shape index (κ3) is 3.69. The van der Waals surface area contributed by atoms with Gasteiger partial charge < -0.3 is 14.8 Å². The molecule has 1 aliphatic heterocycles. The summed E-state index contributed by atoms with van der Waals surface area (Å²) in [6, 6.07) is 7.27. The van der Waals surface area contributed by atoms with Crippen molar-refractivity contribution < 1.29 is 19.1 Å². The summed E-state index contributed by atoms with van der Waals surface area (Å²) in [6.07, 6.45) is 2.11. The molecule has 0 fully saturated rings. The van der Waals surface area contributed by atoms with E-state index in [0.29, 0.717) is 29.2 Å². The van der Waals surface area contributed by atoms with Gasteiger partial charge >= 0.3 is 5.97 Å². The third-order valence-electron chi connectivity index (χ3n) is 4.72. The van der Waals surface area contributed by atoms with Gasteiger partial charge in [-0.3, -0.25) is 4.79 Å². The highest BCUT2D eigenvalue weighted by atomic mass is 35.5. The van der Waals surface area contributed by atoms with Crippen molar-refractivity contribution in [2.75, 3.05) is 20.3 Å². The Morgan fingerprint density at radius 2 is 1.96 bits per heavy atom. The zero-order chi connectivity index (χ0) is 18.7. The lowest BCUT2D eigenvalue weighted by Gasteiger charge is -2.34. The standard InChI is InChI=1S/C20H22ClNO4/c1-12-17(20(24)26-11-10-25-2)18(13-6-8-14(21)9-7-13)19-15(22-12)4-3-5-16(19)23/h6-9,18,22H,3-5,10-11H2,1-2H3. The Balaban J connectivity index is 2.04. The lowest BCUT2D eigenvalue weighted by Crippen LogP contribution is -2.34. The van der Waals surface area contributed by atoms with E-state index in [1.54, 1.807) is 19.2 Å². The molecule has 2 aliphatic rings. The van der Waals surface area contributed by atoms with Gasteiger partial charge in [-0.05, 0) is 37.5 Å². The number of hydrogen-bond donors (Lipinski definition) is 1. The van der Waals surface area contributed by atoms with Crippen LogP contribution in [0.4, 0.5) is 0 Å². The van der Waals surface area contributed by atoms with Gasteiger partial charge in [0.1, 0.15) is 6.61 Å². The van der Waals surface area contributed by atoms with E-state index in [1.807, 2.05) is 19.1 Å². The highest BCUT2D eigenvalue weighted by Gasteiger charge is 2.38. The monoisotopic (exact) mass is 375 g/mol. The maximum Gasteiger partial charge on any atom is 0.336 e. The number of rotatable bonds is 5. The van der Waals surface area contributed by atoms with Gasteiger partial charge in [-0.2, -0.15) is 0 Å². The predicted molar refractivity (Wildman–Crippen MR) is 98.7 cm³/mol. The maximum absolute atomic E-state index is 12.8. The number of halogens is 1. The molecular weight excluding hydrogens is 354 g/mol. The van der Waals surface area contributed by atoms with Gasteiger partial charge in [0.05, 0.1) is 12.2 Å². The van der Waals surface area contributed by atoms with Gasteiger partial charge in [0, 0.05) is 41.4 Å². The molecule has 0 saturated heterocycles. The van der Waals surface area contributed by atoms with Gasteiger partial charge in [0.15, 0.2) is 5.78 Å². The van der Waals surface area contributed by atoms with E-state index >= 15 is 0 Å². The Hall–Kier alpha value is -2.11. The number of dihydropyridines is 1. The molecule has 1 aromatic rings. The minimum atomic E-state index is -0.439. The van der Waals surface area contributed by atoms with Gasteiger partial charge in [-0.25, -0.2) is 4.79 Å². The zero-order valence-corrected chi connectivity index (χ0v) is 15.7. The molecule has 1 aliphatic carbocycles. The first-order valence-corrected chi connectivity index (χ1v) is 9.06. The molecule has 0 radical (unpaired) electrons. The quantitative estimate of drug-likeness (QED) is 0.630. The van der Waals surface area contributed by atoms with E-state index in [4.69, 9.17) is 21.1 Å². The van der Waals surface area contributed by atoms with Crippen LogP contribution >= 0.6 is 11.6 Å². The lowest BCUT2D eigenvalue weighted by atomic mass is 9.75. The van der Waals surface area contributed by atoms with Crippen LogP contribution in [0.5, 0.6) is 0 Å². The van der Waals surface area contributed by atoms with Crippen LogP contribution in [-0.4, -0.2) is 32.1 Å². The highest BCUT2D eigenvalue weighted by molar-refractivity contribution is 6.30. The number of ether oxygens (including phenoxy) is 2. The van der Waals surface area contributed by atoms with E-state index in [0.717, 1.165) is 29.8 Å². The Kier molecular flexibility index (Phi) is 5.79. The van der Waals surface area contributed by atoms with E-state index in [-0.39, 0.29) is 12.4 Å². The van der Waals surface area contributed by atoms with Crippen LogP contribution < -0.4 is 5.32 Å². The lowest BCUT2D eigenvalue weighted by molar-refractivity contribution is -0.140. The first kappa shape index (κ1) is 18.7. The minimum absolute atomic E-state index is 0.0772. The molecule has 0 saturated carbocycles. The summed E-state index contributed by atoms with van der Waals surface area (Å²) in [7, 11) is 1.55. The molecule has 3 rings (SSSR count). The van der Waals surface area contributed by atoms with Crippen LogP contribution in [-0.2, 0) is 19.1 Å². The fraction of sp³-hybridized carbons (Fsp3) is 0.400. The number of benzene rings is 1. The molecule has 6 heteroatoms. The molecule has 5 nitrogen and oxygen atoms in total. The number of hydrogen-bond acceptors (Lipinski definition) is 5. The van der Waals surface area contributed by atoms with Gasteiger partial charge in [-0.1, -0.05) is 23.7 Å². The van der Waals surface area contributed by atoms with Gasteiger partial charge in [0.2, 0.25) is 0 Å². The van der Waals surface area contributed by atoms with Crippen molar-refractivity contribution in [3.05, 3.63) is 57.4 Å². The summed E-state index contributed by atoms with van der Waals surface area (Å²) in [4.78, 5) is 25.5. The summed E-state index contributed by atoms with van der Waals surface area (Å²) >= 11 is 6.02. The van der Waals surface area contributed by atoms with Crippen LogP contribution in [0.3, 0.4) is 0 Å². The van der Waals surface area contributed by atoms with Crippen LogP contribution in [0.1, 0.15) is 37.7 Å². The van der Waals surface area contributed by atoms with Crippen LogP contribution in [0.2, 0.25) is 5.02 Å². The number of Topliss-reactive ketones (excluding diaryl/α,β-unsaturated/α-hetero) is 1. The van der Waals surface area contributed by atoms with E-state index in [9.17, 15) is 9.59 Å². The zero-order valence-electron chi connectivity index (χ0n) is 14.9. The molecule has 1 atom stereocenters. The molecule has 138 valence electrons. The molecular formula is C20H22ClNO4. The average molecular weight is 376 g/mol. The number of nitrogens with one attached hydrogen (secondary N) is 1. The predicted octanol–water partition coefficient (Wildman–Crippen LogP) is 3.50. The molecule has 1 unspecified atom stereocenters. The highest BCUT2D eigenvalue weighted by Crippen LogP contribution is 2.42. The summed E-state index contributed by atoms with van der Waals surface area (Å²) in [5.74, 6) is -0.795. The number of carbonyl (C=O) groups excluding carboxylic acids is 2. The van der Waals surface area contributed by atoms with Crippen LogP contribution in [0, 0.1) is 0 Å². The fourth-order valence-electron chi connectivity index (χ4n) is 3.54. The van der Waals surface area contributed by atoms with E-state index < -0.39 is 11.9 Å². The Labute approximate surface area is 158 Å². The number of esters is 1. The molecule has 0 amide bonds. The summed E-state index contributed by atoms with van der Waals surface area (Å²) in [5, 5.41) is 3.87. The smallest absolute Gasteiger partial charge is 0.336 e. The topological polar surface area (TPSA) is 64.6 Å². The molecule has 0 aromatic heterocycles. The fourth-order valence-corrected chi connectivity index (χ4v) is 3.66. The van der Waals surface area contributed by atoms with Crippen LogP contribution in [0.15, 0.2) is 46.8 Å². The molecule has 26 heavy (non-hydrogen) atoms. The van der Waals surface area contributed by atoms with Crippen molar-refractivity contribution in [3.8, 4) is 0 Å². The third-order valence-corrected chi connectivity index (χ3v) is 4.97. The first-order chi connectivity index (χ1) is 12.5. The van der Waals surface area contributed by atoms with Crippen molar-refractivity contribution in [2.24, 2.45) is 0 Å². The number of carbonyl (C=O) groups is 2. The molecule has 1 N–H and O–H groups in total. The number of ketones is 1. The van der Waals surface area contributed by atoms with Crippen molar-refractivity contribution in [1.29, 1.82) is 0 Å².